The summed E-state index contributed by atoms with van der Waals surface area (Å²) in [4.78, 5) is 16.8. The Hall–Kier alpha value is -3.25. The van der Waals surface area contributed by atoms with Gasteiger partial charge < -0.3 is 10.4 Å². The summed E-state index contributed by atoms with van der Waals surface area (Å²) < 4.78 is 1.73. The van der Waals surface area contributed by atoms with Crippen molar-refractivity contribution >= 4 is 45.9 Å². The molecule has 2 N–H and O–H groups in total. The first kappa shape index (κ1) is 18.1. The molecule has 0 radical (unpaired) electrons. The number of anilines is 2. The van der Waals surface area contributed by atoms with Crippen molar-refractivity contribution in [2.24, 2.45) is 0 Å². The number of hydrogen-bond donors (Lipinski definition) is 2. The van der Waals surface area contributed by atoms with Crippen LogP contribution in [0.25, 0.3) is 16.7 Å². The normalized spacial score (nSPS) is 10.8. The van der Waals surface area contributed by atoms with Crippen LogP contribution in [0, 0.1) is 11.3 Å². The highest BCUT2D eigenvalue weighted by Gasteiger charge is 2.16. The quantitative estimate of drug-likeness (QED) is 0.526. The number of fused-ring (bicyclic) bond motifs is 1. The Balaban J connectivity index is 1.81. The molecule has 1 aromatic carbocycles. The summed E-state index contributed by atoms with van der Waals surface area (Å²) in [7, 11) is 0. The largest absolute Gasteiger partial charge is 0.390 e. The summed E-state index contributed by atoms with van der Waals surface area (Å²) in [6.07, 6.45) is 4.54. The molecule has 4 rings (SSSR count). The predicted octanol–water partition coefficient (Wildman–Crippen LogP) is 3.62. The molecule has 138 valence electrons. The number of halogens is 2. The fraction of sp³-hybridized carbons (Fsp3) is 0.0556. The third kappa shape index (κ3) is 3.23. The van der Waals surface area contributed by atoms with Gasteiger partial charge in [-0.1, -0.05) is 23.2 Å². The van der Waals surface area contributed by atoms with Crippen LogP contribution in [0.15, 0.2) is 43.1 Å². The highest BCUT2D eigenvalue weighted by atomic mass is 35.5. The van der Waals surface area contributed by atoms with Gasteiger partial charge in [0.1, 0.15) is 24.0 Å². The minimum absolute atomic E-state index is 0.195. The number of nitriles is 1. The van der Waals surface area contributed by atoms with Gasteiger partial charge in [-0.15, -0.1) is 0 Å². The van der Waals surface area contributed by atoms with E-state index in [0.29, 0.717) is 49.7 Å². The number of aromatic nitrogens is 5. The molecule has 0 atom stereocenters. The average Bonchev–Trinajstić information content (AvgIpc) is 3.12. The lowest BCUT2D eigenvalue weighted by Gasteiger charge is -2.10. The average molecular weight is 412 g/mol. The number of aliphatic hydroxyl groups is 1. The Labute approximate surface area is 169 Å². The maximum absolute atomic E-state index is 9.22. The van der Waals surface area contributed by atoms with Gasteiger partial charge in [0.25, 0.3) is 0 Å². The summed E-state index contributed by atoms with van der Waals surface area (Å²) in [5, 5.41) is 22.0. The van der Waals surface area contributed by atoms with Crippen LogP contribution >= 0.6 is 23.2 Å². The van der Waals surface area contributed by atoms with Gasteiger partial charge in [0.05, 0.1) is 45.2 Å². The smallest absolute Gasteiger partial charge is 0.159 e. The van der Waals surface area contributed by atoms with Crippen LogP contribution in [0.3, 0.4) is 0 Å². The number of hydrogen-bond acceptors (Lipinski definition) is 7. The molecule has 0 amide bonds. The highest BCUT2D eigenvalue weighted by molar-refractivity contribution is 6.38. The Morgan fingerprint density at radius 1 is 1.11 bits per heavy atom. The number of pyridine rings is 1. The topological polar surface area (TPSA) is 113 Å². The molecule has 0 bridgehead atoms. The van der Waals surface area contributed by atoms with Gasteiger partial charge in [-0.2, -0.15) is 5.26 Å². The van der Waals surface area contributed by atoms with E-state index < -0.39 is 0 Å². The van der Waals surface area contributed by atoms with E-state index in [-0.39, 0.29) is 6.61 Å². The second kappa shape index (κ2) is 7.40. The molecular weight excluding hydrogens is 401 g/mol. The first-order valence-corrected chi connectivity index (χ1v) is 8.76. The fourth-order valence-electron chi connectivity index (χ4n) is 2.75. The highest BCUT2D eigenvalue weighted by Crippen LogP contribution is 2.33. The Kier molecular flexibility index (Phi) is 4.79. The lowest BCUT2D eigenvalue weighted by atomic mass is 10.2. The molecule has 10 heteroatoms. The van der Waals surface area contributed by atoms with Crippen LogP contribution in [0.4, 0.5) is 11.6 Å². The zero-order valence-electron chi connectivity index (χ0n) is 14.1. The van der Waals surface area contributed by atoms with Crippen molar-refractivity contribution < 1.29 is 5.11 Å². The molecule has 0 aliphatic heterocycles. The van der Waals surface area contributed by atoms with E-state index in [1.165, 1.54) is 6.33 Å². The number of benzene rings is 1. The SMILES string of the molecule is N#Cc1cc(Cl)c(-n2cnc3c(Nc4cc(CO)ncn4)nccc32)c(Cl)c1. The zero-order valence-corrected chi connectivity index (χ0v) is 15.6. The summed E-state index contributed by atoms with van der Waals surface area (Å²) in [6.45, 7) is -0.195. The molecular formula is C18H11Cl2N7O. The van der Waals surface area contributed by atoms with Gasteiger partial charge in [-0.05, 0) is 18.2 Å². The van der Waals surface area contributed by atoms with Gasteiger partial charge in [-0.25, -0.2) is 19.9 Å². The lowest BCUT2D eigenvalue weighted by molar-refractivity contribution is 0.276. The molecule has 0 aliphatic carbocycles. The van der Waals surface area contributed by atoms with Crippen molar-refractivity contribution in [3.05, 3.63) is 64.4 Å². The van der Waals surface area contributed by atoms with E-state index in [1.54, 1.807) is 41.4 Å². The standard InChI is InChI=1S/C18H11Cl2N7O/c19-12-3-10(6-21)4-13(20)17(12)27-9-25-16-14(27)1-2-22-18(16)26-15-5-11(7-28)23-8-24-15/h1-5,8-9,28H,7H2,(H,22,23,24,26). The molecule has 8 nitrogen and oxygen atoms in total. The van der Waals surface area contributed by atoms with Crippen LogP contribution in [0.5, 0.6) is 0 Å². The molecule has 0 spiro atoms. The summed E-state index contributed by atoms with van der Waals surface area (Å²) in [6, 6.07) is 8.51. The Morgan fingerprint density at radius 3 is 2.61 bits per heavy atom. The number of nitrogens with zero attached hydrogens (tertiary/aromatic N) is 6. The first-order valence-electron chi connectivity index (χ1n) is 8.01. The number of nitrogens with one attached hydrogen (secondary N) is 1. The van der Waals surface area contributed by atoms with Crippen LogP contribution in [0.1, 0.15) is 11.3 Å². The third-order valence-electron chi connectivity index (χ3n) is 3.98. The maximum Gasteiger partial charge on any atom is 0.159 e. The molecule has 0 saturated carbocycles. The summed E-state index contributed by atoms with van der Waals surface area (Å²) in [5.74, 6) is 0.947. The van der Waals surface area contributed by atoms with Crippen molar-refractivity contribution in [1.82, 2.24) is 24.5 Å². The van der Waals surface area contributed by atoms with Crippen molar-refractivity contribution in [3.63, 3.8) is 0 Å². The molecule has 0 unspecified atom stereocenters. The van der Waals surface area contributed by atoms with E-state index in [1.807, 2.05) is 6.07 Å². The predicted molar refractivity (Wildman–Crippen MR) is 105 cm³/mol. The minimum Gasteiger partial charge on any atom is -0.390 e. The van der Waals surface area contributed by atoms with Crippen molar-refractivity contribution in [2.45, 2.75) is 6.61 Å². The first-order chi connectivity index (χ1) is 13.6. The Morgan fingerprint density at radius 2 is 1.89 bits per heavy atom. The number of rotatable bonds is 4. The van der Waals surface area contributed by atoms with E-state index >= 15 is 0 Å². The summed E-state index contributed by atoms with van der Waals surface area (Å²) >= 11 is 12.7. The third-order valence-corrected chi connectivity index (χ3v) is 4.56. The second-order valence-corrected chi connectivity index (χ2v) is 6.53. The van der Waals surface area contributed by atoms with Crippen LogP contribution < -0.4 is 5.32 Å². The molecule has 0 aliphatic rings. The zero-order chi connectivity index (χ0) is 19.7. The van der Waals surface area contributed by atoms with Gasteiger partial charge in [0, 0.05) is 12.3 Å². The van der Waals surface area contributed by atoms with Gasteiger partial charge in [-0.3, -0.25) is 4.57 Å². The van der Waals surface area contributed by atoms with Crippen LogP contribution in [-0.4, -0.2) is 29.6 Å². The van der Waals surface area contributed by atoms with Gasteiger partial charge >= 0.3 is 0 Å². The minimum atomic E-state index is -0.195. The van der Waals surface area contributed by atoms with Crippen molar-refractivity contribution in [2.75, 3.05) is 5.32 Å². The molecule has 0 fully saturated rings. The van der Waals surface area contributed by atoms with Crippen molar-refractivity contribution in [1.29, 1.82) is 5.26 Å². The number of imidazole rings is 1. The number of aliphatic hydroxyl groups excluding tert-OH is 1. The second-order valence-electron chi connectivity index (χ2n) is 5.72. The van der Waals surface area contributed by atoms with E-state index in [0.717, 1.165) is 0 Å². The maximum atomic E-state index is 9.22. The van der Waals surface area contributed by atoms with Gasteiger partial charge in [0.2, 0.25) is 0 Å². The molecule has 3 heterocycles. The Bertz CT molecular complexity index is 1210. The summed E-state index contributed by atoms with van der Waals surface area (Å²) in [5.41, 5.74) is 2.65. The van der Waals surface area contributed by atoms with E-state index in [2.05, 4.69) is 25.3 Å². The van der Waals surface area contributed by atoms with Crippen LogP contribution in [0.2, 0.25) is 10.0 Å². The van der Waals surface area contributed by atoms with Crippen LogP contribution in [-0.2, 0) is 6.61 Å². The molecule has 4 aromatic rings. The van der Waals surface area contributed by atoms with Gasteiger partial charge in [0.15, 0.2) is 5.82 Å². The lowest BCUT2D eigenvalue weighted by Crippen LogP contribution is -2.00. The fourth-order valence-corrected chi connectivity index (χ4v) is 3.42. The molecule has 28 heavy (non-hydrogen) atoms. The van der Waals surface area contributed by atoms with E-state index in [9.17, 15) is 5.11 Å². The molecule has 0 saturated heterocycles. The molecule has 3 aromatic heterocycles. The monoisotopic (exact) mass is 411 g/mol. The van der Waals surface area contributed by atoms with E-state index in [4.69, 9.17) is 28.5 Å². The van der Waals surface area contributed by atoms with Crippen molar-refractivity contribution in [3.8, 4) is 11.8 Å².